The average Bonchev–Trinajstić information content (AvgIpc) is 2.32. The summed E-state index contributed by atoms with van der Waals surface area (Å²) in [6, 6.07) is 0. The van der Waals surface area contributed by atoms with Crippen molar-refractivity contribution in [1.82, 2.24) is 4.98 Å². The number of aryl methyl sites for hydroxylation is 1. The van der Waals surface area contributed by atoms with Gasteiger partial charge in [0.15, 0.2) is 5.69 Å². The van der Waals surface area contributed by atoms with Crippen LogP contribution in [0.25, 0.3) is 0 Å². The number of nitrogens with zero attached hydrogens (tertiary/aromatic N) is 3. The second-order valence-corrected chi connectivity index (χ2v) is 4.12. The molecule has 1 fully saturated rings. The summed E-state index contributed by atoms with van der Waals surface area (Å²) in [5.74, 6) is 1.04. The number of piperidine rings is 1. The molecule has 0 bridgehead atoms. The van der Waals surface area contributed by atoms with Crippen LogP contribution in [0.3, 0.4) is 0 Å². The van der Waals surface area contributed by atoms with Gasteiger partial charge in [0.25, 0.3) is 0 Å². The summed E-state index contributed by atoms with van der Waals surface area (Å²) in [4.78, 5) is 6.33. The molecule has 0 aromatic carbocycles. The van der Waals surface area contributed by atoms with Gasteiger partial charge in [0.2, 0.25) is 17.5 Å². The molecule has 0 aliphatic carbocycles. The molecule has 1 aliphatic heterocycles. The average molecular weight is 223 g/mol. The van der Waals surface area contributed by atoms with E-state index in [-0.39, 0.29) is 5.82 Å². The van der Waals surface area contributed by atoms with E-state index in [0.29, 0.717) is 22.1 Å². The Morgan fingerprint density at radius 3 is 2.50 bits per heavy atom. The molecule has 1 aromatic rings. The zero-order valence-electron chi connectivity index (χ0n) is 9.44. The highest BCUT2D eigenvalue weighted by Gasteiger charge is 2.22. The molecule has 1 saturated heterocycles. The fourth-order valence-electron chi connectivity index (χ4n) is 2.00. The predicted molar refractivity (Wildman–Crippen MR) is 62.8 cm³/mol. The lowest BCUT2D eigenvalue weighted by Crippen LogP contribution is -2.39. The van der Waals surface area contributed by atoms with Gasteiger partial charge in [-0.2, -0.15) is 0 Å². The summed E-state index contributed by atoms with van der Waals surface area (Å²) < 4.78 is 0.572. The minimum atomic E-state index is 0.0491. The Kier molecular flexibility index (Phi) is 2.72. The molecule has 1 aliphatic rings. The fourth-order valence-corrected chi connectivity index (χ4v) is 2.00. The standard InChI is InChI=1S/C10H17N5O/c1-7-13-10(8(11)9(12)15(7)16)14-5-3-2-4-6-14/h2-6,11-12H2,1H3. The van der Waals surface area contributed by atoms with E-state index in [9.17, 15) is 5.21 Å². The Morgan fingerprint density at radius 2 is 1.88 bits per heavy atom. The van der Waals surface area contributed by atoms with Crippen LogP contribution in [-0.4, -0.2) is 18.1 Å². The van der Waals surface area contributed by atoms with E-state index in [2.05, 4.69) is 9.88 Å². The summed E-state index contributed by atoms with van der Waals surface area (Å²) in [6.45, 7) is 3.49. The van der Waals surface area contributed by atoms with Crippen molar-refractivity contribution in [2.24, 2.45) is 0 Å². The fraction of sp³-hybridized carbons (Fsp3) is 0.600. The molecule has 0 unspecified atom stereocenters. The number of nitrogen functional groups attached to an aromatic ring is 2. The van der Waals surface area contributed by atoms with E-state index in [1.807, 2.05) is 0 Å². The van der Waals surface area contributed by atoms with Crippen molar-refractivity contribution in [3.05, 3.63) is 11.0 Å². The van der Waals surface area contributed by atoms with E-state index >= 15 is 0 Å². The molecule has 1 aromatic heterocycles. The van der Waals surface area contributed by atoms with Gasteiger partial charge < -0.3 is 21.6 Å². The van der Waals surface area contributed by atoms with Gasteiger partial charge in [-0.25, -0.2) is 4.73 Å². The number of rotatable bonds is 1. The van der Waals surface area contributed by atoms with E-state index in [1.165, 1.54) is 6.42 Å². The second kappa shape index (κ2) is 4.03. The van der Waals surface area contributed by atoms with E-state index < -0.39 is 0 Å². The lowest BCUT2D eigenvalue weighted by Gasteiger charge is -2.27. The predicted octanol–water partition coefficient (Wildman–Crippen LogP) is 0.178. The molecule has 2 rings (SSSR count). The van der Waals surface area contributed by atoms with Crippen molar-refractivity contribution in [1.29, 1.82) is 0 Å². The smallest absolute Gasteiger partial charge is 0.248 e. The number of nitrogens with two attached hydrogens (primary N) is 2. The highest BCUT2D eigenvalue weighted by atomic mass is 16.5. The largest absolute Gasteiger partial charge is 0.740 e. The molecule has 0 radical (unpaired) electrons. The third kappa shape index (κ3) is 1.70. The Morgan fingerprint density at radius 1 is 1.25 bits per heavy atom. The molecular weight excluding hydrogens is 206 g/mol. The first-order valence-corrected chi connectivity index (χ1v) is 5.51. The van der Waals surface area contributed by atoms with E-state index in [0.717, 1.165) is 25.9 Å². The molecule has 6 nitrogen and oxygen atoms in total. The third-order valence-corrected chi connectivity index (χ3v) is 2.95. The summed E-state index contributed by atoms with van der Waals surface area (Å²) in [6.07, 6.45) is 3.50. The normalized spacial score (nSPS) is 16.4. The number of anilines is 3. The lowest BCUT2D eigenvalue weighted by molar-refractivity contribution is -0.599. The second-order valence-electron chi connectivity index (χ2n) is 4.12. The Hall–Kier alpha value is -1.72. The molecule has 2 heterocycles. The summed E-state index contributed by atoms with van der Waals surface area (Å²) in [5, 5.41) is 11.5. The summed E-state index contributed by atoms with van der Waals surface area (Å²) in [5.41, 5.74) is 11.8. The van der Waals surface area contributed by atoms with Crippen LogP contribution in [-0.2, 0) is 0 Å². The van der Waals surface area contributed by atoms with Crippen molar-refractivity contribution in [2.75, 3.05) is 29.5 Å². The summed E-state index contributed by atoms with van der Waals surface area (Å²) in [7, 11) is 0. The molecule has 0 spiro atoms. The van der Waals surface area contributed by atoms with Crippen LogP contribution in [0.2, 0.25) is 0 Å². The van der Waals surface area contributed by atoms with Gasteiger partial charge >= 0.3 is 0 Å². The topological polar surface area (TPSA) is 95.1 Å². The van der Waals surface area contributed by atoms with Gasteiger partial charge in [-0.05, 0) is 19.3 Å². The number of aromatic nitrogens is 2. The van der Waals surface area contributed by atoms with Crippen LogP contribution in [0.5, 0.6) is 0 Å². The van der Waals surface area contributed by atoms with Crippen molar-refractivity contribution in [3.8, 4) is 0 Å². The molecule has 16 heavy (non-hydrogen) atoms. The monoisotopic (exact) mass is 223 g/mol. The molecular formula is C10H17N5O. The minimum absolute atomic E-state index is 0.0491. The molecule has 0 saturated carbocycles. The van der Waals surface area contributed by atoms with Crippen LogP contribution in [0, 0.1) is 12.1 Å². The van der Waals surface area contributed by atoms with Gasteiger partial charge in [0, 0.05) is 20.0 Å². The molecule has 0 atom stereocenters. The first-order valence-electron chi connectivity index (χ1n) is 5.51. The summed E-state index contributed by atoms with van der Waals surface area (Å²) >= 11 is 0. The molecule has 88 valence electrons. The van der Waals surface area contributed by atoms with Crippen molar-refractivity contribution >= 4 is 17.3 Å². The third-order valence-electron chi connectivity index (χ3n) is 2.95. The number of hydrogen-bond donors (Lipinski definition) is 2. The van der Waals surface area contributed by atoms with Crippen LogP contribution >= 0.6 is 0 Å². The van der Waals surface area contributed by atoms with Gasteiger partial charge in [-0.15, -0.1) is 0 Å². The van der Waals surface area contributed by atoms with E-state index in [4.69, 9.17) is 11.5 Å². The van der Waals surface area contributed by atoms with Crippen molar-refractivity contribution < 1.29 is 4.73 Å². The minimum Gasteiger partial charge on any atom is -0.740 e. The van der Waals surface area contributed by atoms with Crippen LogP contribution in [0.15, 0.2) is 0 Å². The van der Waals surface area contributed by atoms with Crippen molar-refractivity contribution in [3.63, 3.8) is 0 Å². The van der Waals surface area contributed by atoms with Gasteiger partial charge in [-0.3, -0.25) is 0 Å². The zero-order chi connectivity index (χ0) is 11.7. The maximum atomic E-state index is 11.5. The maximum Gasteiger partial charge on any atom is 0.248 e. The van der Waals surface area contributed by atoms with Crippen LogP contribution < -0.4 is 21.1 Å². The Balaban J connectivity index is 2.40. The van der Waals surface area contributed by atoms with Gasteiger partial charge in [0.05, 0.1) is 0 Å². The van der Waals surface area contributed by atoms with Gasteiger partial charge in [0.1, 0.15) is 0 Å². The van der Waals surface area contributed by atoms with Gasteiger partial charge in [-0.1, -0.05) is 4.98 Å². The first-order chi connectivity index (χ1) is 7.61. The SMILES string of the molecule is Cc1nc(N2CCCCC2)c(N)c(N)[n+]1[O-]. The van der Waals surface area contributed by atoms with Crippen LogP contribution in [0.1, 0.15) is 25.1 Å². The zero-order valence-corrected chi connectivity index (χ0v) is 9.44. The van der Waals surface area contributed by atoms with E-state index in [1.54, 1.807) is 6.92 Å². The first kappa shape index (κ1) is 10.8. The molecule has 0 amide bonds. The Labute approximate surface area is 94.5 Å². The van der Waals surface area contributed by atoms with Crippen molar-refractivity contribution in [2.45, 2.75) is 26.2 Å². The lowest BCUT2D eigenvalue weighted by atomic mass is 10.1. The highest BCUT2D eigenvalue weighted by Crippen LogP contribution is 2.26. The Bertz CT molecular complexity index is 401. The van der Waals surface area contributed by atoms with Crippen LogP contribution in [0.4, 0.5) is 17.3 Å². The number of hydrogen-bond acceptors (Lipinski definition) is 5. The molecule has 4 N–H and O–H groups in total. The highest BCUT2D eigenvalue weighted by molar-refractivity contribution is 5.71. The molecule has 6 heteroatoms. The quantitative estimate of drug-likeness (QED) is 0.523. The maximum absolute atomic E-state index is 11.5.